The van der Waals surface area contributed by atoms with Gasteiger partial charge in [-0.3, -0.25) is 4.79 Å². The molecule has 0 bridgehead atoms. The summed E-state index contributed by atoms with van der Waals surface area (Å²) in [5.41, 5.74) is 2.39. The first-order valence-electron chi connectivity index (χ1n) is 8.59. The van der Waals surface area contributed by atoms with Gasteiger partial charge in [0.1, 0.15) is 0 Å². The SMILES string of the molecule is CC1=C(c2ccccc2)C=CC(C#N)(NC(=O)C2=C(C(=O)O)CCC2)C1. The monoisotopic (exact) mass is 348 g/mol. The van der Waals surface area contributed by atoms with E-state index in [-0.39, 0.29) is 11.1 Å². The fourth-order valence-electron chi connectivity index (χ4n) is 3.60. The van der Waals surface area contributed by atoms with Gasteiger partial charge in [-0.1, -0.05) is 42.0 Å². The van der Waals surface area contributed by atoms with Crippen molar-refractivity contribution in [3.8, 4) is 6.07 Å². The lowest BCUT2D eigenvalue weighted by Crippen LogP contribution is -2.47. The molecule has 2 aliphatic rings. The summed E-state index contributed by atoms with van der Waals surface area (Å²) >= 11 is 0. The fraction of sp³-hybridized carbons (Fsp3) is 0.286. The molecule has 0 saturated heterocycles. The second-order valence-corrected chi connectivity index (χ2v) is 6.72. The van der Waals surface area contributed by atoms with Crippen LogP contribution in [0.3, 0.4) is 0 Å². The van der Waals surface area contributed by atoms with Gasteiger partial charge >= 0.3 is 5.97 Å². The quantitative estimate of drug-likeness (QED) is 0.873. The summed E-state index contributed by atoms with van der Waals surface area (Å²) in [5, 5.41) is 21.7. The molecule has 132 valence electrons. The molecule has 5 nitrogen and oxygen atoms in total. The molecular weight excluding hydrogens is 328 g/mol. The van der Waals surface area contributed by atoms with Crippen molar-refractivity contribution in [2.24, 2.45) is 0 Å². The highest BCUT2D eigenvalue weighted by atomic mass is 16.4. The number of nitriles is 1. The molecule has 0 saturated carbocycles. The Morgan fingerprint density at radius 1 is 1.19 bits per heavy atom. The minimum Gasteiger partial charge on any atom is -0.478 e. The third kappa shape index (κ3) is 3.31. The van der Waals surface area contributed by atoms with Crippen molar-refractivity contribution in [1.29, 1.82) is 5.26 Å². The minimum atomic E-state index is -1.15. The largest absolute Gasteiger partial charge is 0.478 e. The van der Waals surface area contributed by atoms with Crippen LogP contribution < -0.4 is 5.32 Å². The lowest BCUT2D eigenvalue weighted by atomic mass is 9.82. The summed E-state index contributed by atoms with van der Waals surface area (Å²) in [4.78, 5) is 23.9. The summed E-state index contributed by atoms with van der Waals surface area (Å²) in [6.45, 7) is 1.95. The average molecular weight is 348 g/mol. The van der Waals surface area contributed by atoms with Crippen molar-refractivity contribution in [1.82, 2.24) is 5.32 Å². The summed E-state index contributed by atoms with van der Waals surface area (Å²) in [7, 11) is 0. The van der Waals surface area contributed by atoms with Crippen LogP contribution in [-0.2, 0) is 9.59 Å². The molecule has 0 spiro atoms. The Morgan fingerprint density at radius 2 is 1.88 bits per heavy atom. The van der Waals surface area contributed by atoms with Crippen LogP contribution in [0.2, 0.25) is 0 Å². The molecule has 1 aromatic carbocycles. The second kappa shape index (κ2) is 7.01. The molecule has 3 rings (SSSR count). The normalized spacial score (nSPS) is 22.3. The van der Waals surface area contributed by atoms with E-state index >= 15 is 0 Å². The Kier molecular flexibility index (Phi) is 4.77. The predicted octanol–water partition coefficient (Wildman–Crippen LogP) is 3.36. The molecule has 2 N–H and O–H groups in total. The van der Waals surface area contributed by atoms with Gasteiger partial charge in [0.05, 0.1) is 6.07 Å². The highest BCUT2D eigenvalue weighted by Crippen LogP contribution is 2.33. The topological polar surface area (TPSA) is 90.2 Å². The third-order valence-corrected chi connectivity index (χ3v) is 4.91. The molecule has 0 aliphatic heterocycles. The van der Waals surface area contributed by atoms with Crippen molar-refractivity contribution in [3.05, 3.63) is 64.8 Å². The van der Waals surface area contributed by atoms with Crippen LogP contribution in [0.25, 0.3) is 5.57 Å². The number of rotatable bonds is 4. The Bertz CT molecular complexity index is 888. The fourth-order valence-corrected chi connectivity index (χ4v) is 3.60. The van der Waals surface area contributed by atoms with Gasteiger partial charge in [0.2, 0.25) is 5.91 Å². The van der Waals surface area contributed by atoms with Crippen molar-refractivity contribution in [2.75, 3.05) is 0 Å². The highest BCUT2D eigenvalue weighted by molar-refractivity contribution is 6.03. The number of carboxylic acid groups (broad SMARTS) is 1. The first kappa shape index (κ1) is 17.7. The summed E-state index contributed by atoms with van der Waals surface area (Å²) in [6.07, 6.45) is 5.41. The number of amides is 1. The van der Waals surface area contributed by atoms with Gasteiger partial charge in [-0.15, -0.1) is 0 Å². The number of hydrogen-bond acceptors (Lipinski definition) is 3. The number of carbonyl (C=O) groups excluding carboxylic acids is 1. The molecule has 0 heterocycles. The Hall–Kier alpha value is -3.13. The third-order valence-electron chi connectivity index (χ3n) is 4.91. The number of allylic oxidation sites excluding steroid dienone is 2. The molecule has 1 aromatic rings. The first-order chi connectivity index (χ1) is 12.5. The summed E-state index contributed by atoms with van der Waals surface area (Å²) in [5.74, 6) is -1.51. The number of nitrogens with one attached hydrogen (secondary N) is 1. The molecule has 26 heavy (non-hydrogen) atoms. The van der Waals surface area contributed by atoms with Crippen LogP contribution in [0.1, 0.15) is 38.2 Å². The van der Waals surface area contributed by atoms with Gasteiger partial charge in [0.25, 0.3) is 0 Å². The molecular formula is C21H20N2O3. The Balaban J connectivity index is 1.84. The second-order valence-electron chi connectivity index (χ2n) is 6.72. The van der Waals surface area contributed by atoms with Crippen molar-refractivity contribution < 1.29 is 14.7 Å². The van der Waals surface area contributed by atoms with E-state index in [1.807, 2.05) is 43.3 Å². The average Bonchev–Trinajstić information content (AvgIpc) is 3.13. The van der Waals surface area contributed by atoms with Gasteiger partial charge in [0.15, 0.2) is 5.54 Å². The lowest BCUT2D eigenvalue weighted by molar-refractivity contribution is -0.133. The summed E-state index contributed by atoms with van der Waals surface area (Å²) < 4.78 is 0. The van der Waals surface area contributed by atoms with Gasteiger partial charge in [-0.05, 0) is 43.4 Å². The van der Waals surface area contributed by atoms with Gasteiger partial charge in [0, 0.05) is 17.6 Å². The van der Waals surface area contributed by atoms with Gasteiger partial charge in [-0.2, -0.15) is 5.26 Å². The number of carboxylic acids is 1. The van der Waals surface area contributed by atoms with Crippen LogP contribution >= 0.6 is 0 Å². The number of benzene rings is 1. The standard InChI is InChI=1S/C21H20N2O3/c1-14-12-21(13-22,11-10-16(14)15-6-3-2-4-7-15)23-19(24)17-8-5-9-18(17)20(25)26/h2-4,6-7,10-11H,5,8-9,12H2,1H3,(H,23,24)(H,25,26). The van der Waals surface area contributed by atoms with Crippen molar-refractivity contribution in [3.63, 3.8) is 0 Å². The summed E-state index contributed by atoms with van der Waals surface area (Å²) in [6, 6.07) is 12.1. The lowest BCUT2D eigenvalue weighted by Gasteiger charge is -2.29. The molecule has 1 atom stereocenters. The van der Waals surface area contributed by atoms with Gasteiger partial charge in [-0.25, -0.2) is 4.79 Å². The molecule has 2 aliphatic carbocycles. The van der Waals surface area contributed by atoms with E-state index in [4.69, 9.17) is 0 Å². The maximum Gasteiger partial charge on any atom is 0.332 e. The van der Waals surface area contributed by atoms with E-state index in [0.717, 1.165) is 16.7 Å². The molecule has 1 unspecified atom stereocenters. The molecule has 0 radical (unpaired) electrons. The van der Waals surface area contributed by atoms with E-state index in [2.05, 4.69) is 11.4 Å². The van der Waals surface area contributed by atoms with E-state index in [1.165, 1.54) is 0 Å². The zero-order chi connectivity index (χ0) is 18.7. The van der Waals surface area contributed by atoms with Gasteiger partial charge < -0.3 is 10.4 Å². The smallest absolute Gasteiger partial charge is 0.332 e. The van der Waals surface area contributed by atoms with Crippen molar-refractivity contribution in [2.45, 2.75) is 38.1 Å². The minimum absolute atomic E-state index is 0.160. The maximum absolute atomic E-state index is 12.6. The van der Waals surface area contributed by atoms with Crippen LogP contribution in [-0.4, -0.2) is 22.5 Å². The zero-order valence-corrected chi connectivity index (χ0v) is 14.6. The molecule has 0 fully saturated rings. The van der Waals surface area contributed by atoms with E-state index in [9.17, 15) is 20.0 Å². The maximum atomic E-state index is 12.6. The van der Waals surface area contributed by atoms with Crippen LogP contribution in [0, 0.1) is 11.3 Å². The Morgan fingerprint density at radius 3 is 2.50 bits per heavy atom. The van der Waals surface area contributed by atoms with E-state index in [1.54, 1.807) is 6.08 Å². The number of nitrogens with zero attached hydrogens (tertiary/aromatic N) is 1. The molecule has 1 amide bonds. The number of carbonyl (C=O) groups is 2. The molecule has 5 heteroatoms. The number of aliphatic carboxylic acids is 1. The zero-order valence-electron chi connectivity index (χ0n) is 14.6. The van der Waals surface area contributed by atoms with Crippen LogP contribution in [0.4, 0.5) is 0 Å². The van der Waals surface area contributed by atoms with Crippen molar-refractivity contribution >= 4 is 17.4 Å². The van der Waals surface area contributed by atoms with E-state index < -0.39 is 17.4 Å². The van der Waals surface area contributed by atoms with Crippen LogP contribution in [0.15, 0.2) is 59.2 Å². The predicted molar refractivity (Wildman–Crippen MR) is 97.8 cm³/mol. The highest BCUT2D eigenvalue weighted by Gasteiger charge is 2.35. The van der Waals surface area contributed by atoms with Crippen LogP contribution in [0.5, 0.6) is 0 Å². The molecule has 0 aromatic heterocycles. The first-order valence-corrected chi connectivity index (χ1v) is 8.59. The number of hydrogen-bond donors (Lipinski definition) is 2. The Labute approximate surface area is 152 Å². The van der Waals surface area contributed by atoms with E-state index in [0.29, 0.717) is 25.7 Å².